The van der Waals surface area contributed by atoms with Crippen LogP contribution >= 0.6 is 0 Å². The van der Waals surface area contributed by atoms with Gasteiger partial charge < -0.3 is 24.8 Å². The van der Waals surface area contributed by atoms with Crippen molar-refractivity contribution in [1.82, 2.24) is 4.98 Å². The summed E-state index contributed by atoms with van der Waals surface area (Å²) in [5, 5.41) is 3.13. The van der Waals surface area contributed by atoms with Crippen LogP contribution in [-0.4, -0.2) is 18.6 Å². The van der Waals surface area contributed by atoms with Crippen molar-refractivity contribution in [3.05, 3.63) is 50.8 Å². The van der Waals surface area contributed by atoms with E-state index in [0.717, 1.165) is 0 Å². The van der Waals surface area contributed by atoms with E-state index in [1.807, 2.05) is 0 Å². The number of hydrogen-bond acceptors (Lipinski definition) is 0. The number of halogens is 2. The molecule has 0 spiro atoms. The van der Waals surface area contributed by atoms with Crippen LogP contribution in [-0.2, 0) is 34.1 Å². The van der Waals surface area contributed by atoms with Crippen molar-refractivity contribution in [2.45, 2.75) is 65.5 Å². The van der Waals surface area contributed by atoms with E-state index in [0.29, 0.717) is 0 Å². The van der Waals surface area contributed by atoms with Crippen LogP contribution in [0.1, 0.15) is 52.7 Å². The maximum Gasteiger partial charge on any atom is -1.00 e. The predicted molar refractivity (Wildman–Crippen MR) is 115 cm³/mol. The van der Waals surface area contributed by atoms with Gasteiger partial charge in [0, 0.05) is 0 Å². The Bertz CT molecular complexity index is 949. The van der Waals surface area contributed by atoms with Gasteiger partial charge in [0.05, 0.1) is 0 Å². The van der Waals surface area contributed by atoms with Crippen LogP contribution in [0.2, 0.25) is 13.1 Å². The van der Waals surface area contributed by atoms with Crippen molar-refractivity contribution in [3.8, 4) is 0 Å². The number of rotatable bonds is 2. The standard InChI is InChI=1S/C16H22N.C7H9Si.2ClH.Zr/c1-15(2,3)11-8-7-9-13-14(11)12(10-17-13)16(4,5)6;1-8(2)7-5-3-4-6-7;;;/h7-9,17H,1-6H3;3-5H,1-2H3;2*1H;/q;;;;+2/p-2. The smallest absolute Gasteiger partial charge is 1.00 e. The molecule has 1 nitrogen and oxygen atoms in total. The van der Waals surface area contributed by atoms with Crippen LogP contribution in [0.25, 0.3) is 10.9 Å². The molecule has 0 radical (unpaired) electrons. The van der Waals surface area contributed by atoms with E-state index in [1.54, 1.807) is 17.4 Å². The number of aromatic nitrogens is 1. The topological polar surface area (TPSA) is 15.8 Å². The molecule has 0 saturated carbocycles. The number of nitrogens with one attached hydrogen (secondary N) is 1. The fourth-order valence-corrected chi connectivity index (χ4v) is 10.7. The van der Waals surface area contributed by atoms with Gasteiger partial charge in [-0.05, 0) is 0 Å². The molecular weight excluding hydrogens is 480 g/mol. The number of fused-ring (bicyclic) bond motifs is 1. The first kappa shape index (κ1) is 25.8. The summed E-state index contributed by atoms with van der Waals surface area (Å²) in [4.78, 5) is 3.87. The van der Waals surface area contributed by atoms with Gasteiger partial charge in [0.15, 0.2) is 0 Å². The Kier molecular flexibility index (Phi) is 8.57. The molecule has 1 aromatic heterocycles. The van der Waals surface area contributed by atoms with Crippen molar-refractivity contribution < 1.29 is 48.0 Å². The Morgan fingerprint density at radius 2 is 1.57 bits per heavy atom. The Labute approximate surface area is 196 Å². The summed E-state index contributed by atoms with van der Waals surface area (Å²) in [5.41, 5.74) is 4.66. The molecule has 1 N–H and O–H groups in total. The molecule has 0 bridgehead atoms. The molecule has 0 saturated heterocycles. The normalized spacial score (nSPS) is 13.7. The largest absolute Gasteiger partial charge is 1.00 e. The zero-order valence-electron chi connectivity index (χ0n) is 18.2. The van der Waals surface area contributed by atoms with E-state index >= 15 is 0 Å². The second kappa shape index (κ2) is 9.29. The average molecular weight is 512 g/mol. The summed E-state index contributed by atoms with van der Waals surface area (Å²) >= 11 is -0.863. The molecule has 2 aromatic rings. The maximum absolute atomic E-state index is 3.87. The molecule has 1 aliphatic rings. The van der Waals surface area contributed by atoms with E-state index in [-0.39, 0.29) is 35.6 Å². The zero-order chi connectivity index (χ0) is 19.3. The molecule has 0 atom stereocenters. The first-order valence-corrected chi connectivity index (χ1v) is 14.4. The van der Waals surface area contributed by atoms with Gasteiger partial charge in [0.1, 0.15) is 0 Å². The molecule has 1 aromatic carbocycles. The Balaban J connectivity index is 0.00000196. The van der Waals surface area contributed by atoms with Crippen molar-refractivity contribution in [2.75, 3.05) is 0 Å². The molecule has 1 heterocycles. The summed E-state index contributed by atoms with van der Waals surface area (Å²) in [6.45, 7) is 18.9. The summed E-state index contributed by atoms with van der Waals surface area (Å²) in [7, 11) is -0.398. The minimum Gasteiger partial charge on any atom is -1.00 e. The zero-order valence-corrected chi connectivity index (χ0v) is 23.2. The number of aromatic amines is 1. The van der Waals surface area contributed by atoms with Crippen LogP contribution in [0.15, 0.2) is 39.7 Å². The fraction of sp³-hybridized carbons (Fsp3) is 0.435. The molecular formula is C23H31Cl2NSiZr. The Hall–Kier alpha value is -0.210. The third-order valence-corrected chi connectivity index (χ3v) is 10.4. The summed E-state index contributed by atoms with van der Waals surface area (Å²) < 4.78 is 3.23. The van der Waals surface area contributed by atoms with E-state index in [1.165, 1.54) is 16.5 Å². The number of hydrogen-bond donors (Lipinski definition) is 1. The molecule has 5 heteroatoms. The molecule has 0 unspecified atom stereocenters. The molecule has 150 valence electrons. The van der Waals surface area contributed by atoms with Crippen LogP contribution < -0.4 is 28.2 Å². The Morgan fingerprint density at radius 1 is 0.929 bits per heavy atom. The summed E-state index contributed by atoms with van der Waals surface area (Å²) in [6.07, 6.45) is 7.02. The third-order valence-electron chi connectivity index (χ3n) is 5.00. The van der Waals surface area contributed by atoms with Crippen molar-refractivity contribution >= 4 is 27.9 Å². The van der Waals surface area contributed by atoms with Crippen LogP contribution in [0.5, 0.6) is 0 Å². The molecule has 0 aliphatic heterocycles. The predicted octanol–water partition coefficient (Wildman–Crippen LogP) is -0.559. The van der Waals surface area contributed by atoms with Gasteiger partial charge in [-0.3, -0.25) is 0 Å². The first-order chi connectivity index (χ1) is 12.0. The second-order valence-electron chi connectivity index (χ2n) is 9.58. The van der Waals surface area contributed by atoms with Gasteiger partial charge >= 0.3 is 172 Å². The molecule has 1 aliphatic carbocycles. The van der Waals surface area contributed by atoms with E-state index in [2.05, 4.69) is 96.0 Å². The monoisotopic (exact) mass is 509 g/mol. The first-order valence-electron chi connectivity index (χ1n) is 9.49. The average Bonchev–Trinajstić information content (AvgIpc) is 3.08. The van der Waals surface area contributed by atoms with Crippen molar-refractivity contribution in [3.63, 3.8) is 0 Å². The summed E-state index contributed by atoms with van der Waals surface area (Å²) in [5.74, 6) is 0. The molecule has 3 rings (SSSR count). The minimum atomic E-state index is -0.863. The van der Waals surface area contributed by atoms with E-state index in [4.69, 9.17) is 0 Å². The van der Waals surface area contributed by atoms with Crippen LogP contribution in [0.4, 0.5) is 0 Å². The molecule has 0 fully saturated rings. The van der Waals surface area contributed by atoms with Gasteiger partial charge in [-0.15, -0.1) is 0 Å². The van der Waals surface area contributed by atoms with Crippen molar-refractivity contribution in [1.29, 1.82) is 0 Å². The third kappa shape index (κ3) is 5.09. The maximum atomic E-state index is 3.87. The van der Waals surface area contributed by atoms with E-state index in [9.17, 15) is 0 Å². The molecule has 0 amide bonds. The van der Waals surface area contributed by atoms with Crippen LogP contribution in [0.3, 0.4) is 0 Å². The van der Waals surface area contributed by atoms with Crippen LogP contribution in [0, 0.1) is 0 Å². The Morgan fingerprint density at radius 3 is 2.11 bits per heavy atom. The van der Waals surface area contributed by atoms with Gasteiger partial charge in [-0.25, -0.2) is 0 Å². The second-order valence-corrected chi connectivity index (χ2v) is 15.3. The quantitative estimate of drug-likeness (QED) is 0.521. The molecule has 28 heavy (non-hydrogen) atoms. The summed E-state index contributed by atoms with van der Waals surface area (Å²) in [6, 6.07) is 6.81. The number of allylic oxidation sites excluding steroid dienone is 4. The van der Waals surface area contributed by atoms with Gasteiger partial charge in [-0.2, -0.15) is 0 Å². The van der Waals surface area contributed by atoms with Gasteiger partial charge in [-0.1, -0.05) is 0 Å². The van der Waals surface area contributed by atoms with E-state index < -0.39 is 31.6 Å². The SMILES string of the molecule is C[Si](C)=C1C=CC=[C]1[Zr+2][c]1[nH]c2cccc(C(C)(C)C)c2c1C(C)(C)C.[Cl-].[Cl-]. The van der Waals surface area contributed by atoms with Gasteiger partial charge in [0.25, 0.3) is 0 Å². The number of H-pyrrole nitrogens is 1. The minimum absolute atomic E-state index is 0. The van der Waals surface area contributed by atoms with Gasteiger partial charge in [0.2, 0.25) is 0 Å². The number of benzene rings is 1. The fourth-order valence-electron chi connectivity index (χ4n) is 3.82. The van der Waals surface area contributed by atoms with Crippen molar-refractivity contribution in [2.24, 2.45) is 0 Å².